The number of carbonyl (C=O) groups excluding carboxylic acids is 2. The van der Waals surface area contributed by atoms with Gasteiger partial charge in [-0.2, -0.15) is 0 Å². The van der Waals surface area contributed by atoms with E-state index in [4.69, 9.17) is 0 Å². The summed E-state index contributed by atoms with van der Waals surface area (Å²) >= 11 is 0. The van der Waals surface area contributed by atoms with Crippen LogP contribution in [0.15, 0.2) is 18.2 Å². The van der Waals surface area contributed by atoms with Gasteiger partial charge in [0.15, 0.2) is 0 Å². The van der Waals surface area contributed by atoms with Gasteiger partial charge < -0.3 is 10.2 Å². The van der Waals surface area contributed by atoms with Crippen LogP contribution in [-0.4, -0.2) is 28.8 Å². The van der Waals surface area contributed by atoms with Crippen molar-refractivity contribution >= 4 is 17.5 Å². The van der Waals surface area contributed by atoms with Crippen molar-refractivity contribution in [1.29, 1.82) is 0 Å². The summed E-state index contributed by atoms with van der Waals surface area (Å²) in [5.74, 6) is -0.0460. The van der Waals surface area contributed by atoms with Crippen molar-refractivity contribution in [1.82, 2.24) is 4.90 Å². The average molecular weight is 288 g/mol. The predicted molar refractivity (Wildman–Crippen MR) is 84.2 cm³/mol. The first-order chi connectivity index (χ1) is 9.88. The summed E-state index contributed by atoms with van der Waals surface area (Å²) in [6, 6.07) is 5.87. The Bertz CT molecular complexity index is 568. The summed E-state index contributed by atoms with van der Waals surface area (Å²) in [5, 5.41) is 2.97. The van der Waals surface area contributed by atoms with E-state index in [2.05, 4.69) is 5.32 Å². The molecule has 1 heterocycles. The summed E-state index contributed by atoms with van der Waals surface area (Å²) in [7, 11) is 0. The first-order valence-electron chi connectivity index (χ1n) is 7.57. The Morgan fingerprint density at radius 3 is 2.62 bits per heavy atom. The fourth-order valence-electron chi connectivity index (χ4n) is 2.87. The number of amides is 2. The van der Waals surface area contributed by atoms with Crippen molar-refractivity contribution in [3.8, 4) is 0 Å². The topological polar surface area (TPSA) is 49.4 Å². The molecule has 1 saturated heterocycles. The maximum Gasteiger partial charge on any atom is 0.250 e. The summed E-state index contributed by atoms with van der Waals surface area (Å²) < 4.78 is 0. The van der Waals surface area contributed by atoms with Gasteiger partial charge in [-0.1, -0.05) is 13.0 Å². The number of hydrogen-bond donors (Lipinski definition) is 1. The first kappa shape index (κ1) is 15.5. The van der Waals surface area contributed by atoms with Crippen molar-refractivity contribution in [3.63, 3.8) is 0 Å². The zero-order valence-electron chi connectivity index (χ0n) is 13.3. The van der Waals surface area contributed by atoms with Gasteiger partial charge in [-0.05, 0) is 56.9 Å². The molecule has 0 radical (unpaired) electrons. The van der Waals surface area contributed by atoms with Gasteiger partial charge in [0, 0.05) is 18.7 Å². The minimum absolute atomic E-state index is 0.0465. The Morgan fingerprint density at radius 1 is 1.29 bits per heavy atom. The van der Waals surface area contributed by atoms with Crippen molar-refractivity contribution < 1.29 is 9.59 Å². The molecule has 0 bridgehead atoms. The smallest absolute Gasteiger partial charge is 0.250 e. The van der Waals surface area contributed by atoms with Gasteiger partial charge in [-0.3, -0.25) is 9.59 Å². The highest BCUT2D eigenvalue weighted by molar-refractivity contribution is 6.00. The zero-order chi connectivity index (χ0) is 15.6. The van der Waals surface area contributed by atoms with Gasteiger partial charge in [0.05, 0.1) is 0 Å². The summed E-state index contributed by atoms with van der Waals surface area (Å²) in [5.41, 5.74) is 2.40. The molecule has 21 heavy (non-hydrogen) atoms. The van der Waals surface area contributed by atoms with Crippen LogP contribution < -0.4 is 5.32 Å². The van der Waals surface area contributed by atoms with Gasteiger partial charge in [-0.25, -0.2) is 0 Å². The van der Waals surface area contributed by atoms with E-state index in [0.717, 1.165) is 24.1 Å². The molecule has 2 amide bonds. The maximum absolute atomic E-state index is 12.7. The number of likely N-dealkylation sites (tertiary alicyclic amines) is 1. The highest BCUT2D eigenvalue weighted by Gasteiger charge is 2.45. The van der Waals surface area contributed by atoms with E-state index < -0.39 is 5.54 Å². The van der Waals surface area contributed by atoms with Gasteiger partial charge in [0.2, 0.25) is 11.8 Å². The number of nitrogens with one attached hydrogen (secondary N) is 1. The van der Waals surface area contributed by atoms with E-state index in [1.807, 2.05) is 45.9 Å². The van der Waals surface area contributed by atoms with E-state index in [1.165, 1.54) is 5.56 Å². The largest absolute Gasteiger partial charge is 0.328 e. The van der Waals surface area contributed by atoms with Crippen LogP contribution in [0, 0.1) is 13.8 Å². The normalized spacial score (nSPS) is 21.4. The van der Waals surface area contributed by atoms with Crippen LogP contribution in [0.4, 0.5) is 5.69 Å². The third kappa shape index (κ3) is 2.94. The van der Waals surface area contributed by atoms with E-state index in [-0.39, 0.29) is 11.8 Å². The second kappa shape index (κ2) is 5.88. The predicted octanol–water partition coefficient (Wildman–Crippen LogP) is 3.03. The molecular weight excluding hydrogens is 264 g/mol. The molecule has 1 atom stereocenters. The molecule has 4 nitrogen and oxygen atoms in total. The van der Waals surface area contributed by atoms with Gasteiger partial charge in [0.1, 0.15) is 5.54 Å². The van der Waals surface area contributed by atoms with Crippen LogP contribution in [0.3, 0.4) is 0 Å². The highest BCUT2D eigenvalue weighted by Crippen LogP contribution is 2.31. The SMILES string of the molecule is CCC(=O)N1CCCC1(C)C(=O)Nc1ccc(C)c(C)c1. The summed E-state index contributed by atoms with van der Waals surface area (Å²) in [4.78, 5) is 26.4. The molecule has 0 saturated carbocycles. The fraction of sp³-hybridized carbons (Fsp3) is 0.529. The first-order valence-corrected chi connectivity index (χ1v) is 7.57. The summed E-state index contributed by atoms with van der Waals surface area (Å²) in [6.45, 7) is 8.44. The number of hydrogen-bond acceptors (Lipinski definition) is 2. The lowest BCUT2D eigenvalue weighted by Crippen LogP contribution is -2.53. The van der Waals surface area contributed by atoms with Gasteiger partial charge >= 0.3 is 0 Å². The van der Waals surface area contributed by atoms with Crippen LogP contribution >= 0.6 is 0 Å². The van der Waals surface area contributed by atoms with Crippen molar-refractivity contribution in [2.45, 2.75) is 52.5 Å². The van der Waals surface area contributed by atoms with E-state index in [9.17, 15) is 9.59 Å². The van der Waals surface area contributed by atoms with Crippen LogP contribution in [0.1, 0.15) is 44.2 Å². The quantitative estimate of drug-likeness (QED) is 0.929. The number of carbonyl (C=O) groups is 2. The van der Waals surface area contributed by atoms with Gasteiger partial charge in [0.25, 0.3) is 0 Å². The second-order valence-corrected chi connectivity index (χ2v) is 6.03. The number of benzene rings is 1. The maximum atomic E-state index is 12.7. The van der Waals surface area contributed by atoms with E-state index in [1.54, 1.807) is 4.90 Å². The molecule has 1 N–H and O–H groups in total. The minimum atomic E-state index is -0.730. The van der Waals surface area contributed by atoms with Crippen LogP contribution in [0.25, 0.3) is 0 Å². The molecule has 4 heteroatoms. The van der Waals surface area contributed by atoms with Crippen LogP contribution in [0.2, 0.25) is 0 Å². The Hall–Kier alpha value is -1.84. The monoisotopic (exact) mass is 288 g/mol. The lowest BCUT2D eigenvalue weighted by molar-refractivity contribution is -0.141. The molecule has 0 aromatic heterocycles. The van der Waals surface area contributed by atoms with Crippen LogP contribution in [0.5, 0.6) is 0 Å². The molecule has 1 fully saturated rings. The van der Waals surface area contributed by atoms with Gasteiger partial charge in [-0.15, -0.1) is 0 Å². The number of rotatable bonds is 3. The molecule has 1 aromatic carbocycles. The molecule has 1 aromatic rings. The molecule has 0 spiro atoms. The number of aryl methyl sites for hydroxylation is 2. The average Bonchev–Trinajstić information content (AvgIpc) is 2.85. The molecule has 2 rings (SSSR count). The van der Waals surface area contributed by atoms with Crippen molar-refractivity contribution in [2.24, 2.45) is 0 Å². The number of nitrogens with zero attached hydrogens (tertiary/aromatic N) is 1. The third-order valence-corrected chi connectivity index (χ3v) is 4.50. The fourth-order valence-corrected chi connectivity index (χ4v) is 2.87. The molecule has 114 valence electrons. The molecule has 0 aliphatic carbocycles. The Morgan fingerprint density at radius 2 is 2.00 bits per heavy atom. The molecule has 1 aliphatic rings. The molecular formula is C17H24N2O2. The second-order valence-electron chi connectivity index (χ2n) is 6.03. The highest BCUT2D eigenvalue weighted by atomic mass is 16.2. The molecule has 1 unspecified atom stereocenters. The lowest BCUT2D eigenvalue weighted by Gasteiger charge is -2.33. The number of anilines is 1. The lowest BCUT2D eigenvalue weighted by atomic mass is 9.97. The minimum Gasteiger partial charge on any atom is -0.328 e. The van der Waals surface area contributed by atoms with Crippen molar-refractivity contribution in [2.75, 3.05) is 11.9 Å². The summed E-state index contributed by atoms with van der Waals surface area (Å²) in [6.07, 6.45) is 2.03. The third-order valence-electron chi connectivity index (χ3n) is 4.50. The van der Waals surface area contributed by atoms with Crippen molar-refractivity contribution in [3.05, 3.63) is 29.3 Å². The zero-order valence-corrected chi connectivity index (χ0v) is 13.3. The van der Waals surface area contributed by atoms with E-state index >= 15 is 0 Å². The Labute approximate surface area is 126 Å². The Kier molecular flexibility index (Phi) is 4.35. The Balaban J connectivity index is 2.18. The molecule has 1 aliphatic heterocycles. The standard InChI is InChI=1S/C17H24N2O2/c1-5-15(20)19-10-6-9-17(19,4)16(21)18-14-8-7-12(2)13(3)11-14/h7-8,11H,5-6,9-10H2,1-4H3,(H,18,21). The van der Waals surface area contributed by atoms with E-state index in [0.29, 0.717) is 13.0 Å². The van der Waals surface area contributed by atoms with Crippen LogP contribution in [-0.2, 0) is 9.59 Å².